The molecule has 2 heteroatoms. The molecule has 13 heavy (non-hydrogen) atoms. The molecule has 2 N–H and O–H groups in total. The lowest BCUT2D eigenvalue weighted by Gasteiger charge is -2.02. The van der Waals surface area contributed by atoms with E-state index in [9.17, 15) is 0 Å². The molecule has 0 unspecified atom stereocenters. The highest BCUT2D eigenvalue weighted by molar-refractivity contribution is 5.44. The van der Waals surface area contributed by atoms with Gasteiger partial charge in [0, 0.05) is 5.56 Å². The Labute approximate surface area is 78.7 Å². The summed E-state index contributed by atoms with van der Waals surface area (Å²) in [4.78, 5) is 0. The van der Waals surface area contributed by atoms with Crippen LogP contribution in [0.25, 0.3) is 0 Å². The molecule has 2 nitrogen and oxygen atoms in total. The Morgan fingerprint density at radius 2 is 2.23 bits per heavy atom. The van der Waals surface area contributed by atoms with Gasteiger partial charge >= 0.3 is 0 Å². The lowest BCUT2D eigenvalue weighted by Crippen LogP contribution is -1.93. The van der Waals surface area contributed by atoms with Crippen LogP contribution in [-0.4, -0.2) is 13.7 Å². The Hall–Kier alpha value is -1.46. The van der Waals surface area contributed by atoms with Gasteiger partial charge in [0.1, 0.15) is 5.75 Å². The second kappa shape index (κ2) is 4.54. The number of nitrogens with two attached hydrogens (primary N) is 1. The van der Waals surface area contributed by atoms with E-state index < -0.39 is 0 Å². The molecule has 68 valence electrons. The minimum atomic E-state index is 0.394. The molecule has 0 atom stereocenters. The van der Waals surface area contributed by atoms with Crippen LogP contribution in [0.15, 0.2) is 18.2 Å². The number of benzene rings is 1. The summed E-state index contributed by atoms with van der Waals surface area (Å²) in [7, 11) is 1.65. The molecule has 1 aromatic rings. The van der Waals surface area contributed by atoms with Crippen LogP contribution in [-0.2, 0) is 0 Å². The van der Waals surface area contributed by atoms with Gasteiger partial charge in [0.15, 0.2) is 0 Å². The molecule has 0 heterocycles. The van der Waals surface area contributed by atoms with Gasteiger partial charge in [0.2, 0.25) is 0 Å². The lowest BCUT2D eigenvalue weighted by molar-refractivity contribution is 0.414. The first-order valence-corrected chi connectivity index (χ1v) is 4.11. The molecule has 0 aliphatic rings. The molecular formula is C11H13NO. The molecule has 0 aliphatic carbocycles. The van der Waals surface area contributed by atoms with E-state index in [1.807, 2.05) is 25.1 Å². The largest absolute Gasteiger partial charge is 0.497 e. The number of ether oxygens (including phenoxy) is 1. The topological polar surface area (TPSA) is 35.2 Å². The zero-order chi connectivity index (χ0) is 9.68. The van der Waals surface area contributed by atoms with Crippen molar-refractivity contribution in [2.75, 3.05) is 13.7 Å². The zero-order valence-electron chi connectivity index (χ0n) is 7.92. The molecule has 1 rings (SSSR count). The summed E-state index contributed by atoms with van der Waals surface area (Å²) in [6.07, 6.45) is 0. The number of rotatable bonds is 1. The van der Waals surface area contributed by atoms with Crippen molar-refractivity contribution in [2.24, 2.45) is 5.73 Å². The van der Waals surface area contributed by atoms with Crippen LogP contribution in [0.3, 0.4) is 0 Å². The number of aryl methyl sites for hydroxylation is 1. The van der Waals surface area contributed by atoms with Gasteiger partial charge in [0.05, 0.1) is 13.7 Å². The first-order valence-electron chi connectivity index (χ1n) is 4.11. The van der Waals surface area contributed by atoms with Crippen molar-refractivity contribution >= 4 is 0 Å². The molecule has 0 bridgehead atoms. The molecule has 0 saturated heterocycles. The molecule has 0 aliphatic heterocycles. The zero-order valence-corrected chi connectivity index (χ0v) is 7.92. The van der Waals surface area contributed by atoms with Crippen molar-refractivity contribution < 1.29 is 4.74 Å². The maximum absolute atomic E-state index is 5.28. The summed E-state index contributed by atoms with van der Waals surface area (Å²) in [6.45, 7) is 2.40. The van der Waals surface area contributed by atoms with Crippen molar-refractivity contribution in [3.05, 3.63) is 29.3 Å². The predicted octanol–water partition coefficient (Wildman–Crippen LogP) is 1.31. The van der Waals surface area contributed by atoms with Crippen LogP contribution in [0.5, 0.6) is 5.75 Å². The average Bonchev–Trinajstić information content (AvgIpc) is 2.16. The van der Waals surface area contributed by atoms with Gasteiger partial charge in [-0.1, -0.05) is 11.8 Å². The monoisotopic (exact) mass is 175 g/mol. The minimum absolute atomic E-state index is 0.394. The summed E-state index contributed by atoms with van der Waals surface area (Å²) >= 11 is 0. The first kappa shape index (κ1) is 9.63. The Kier molecular flexibility index (Phi) is 3.36. The molecule has 1 aromatic carbocycles. The van der Waals surface area contributed by atoms with Crippen molar-refractivity contribution in [2.45, 2.75) is 6.92 Å². The number of hydrogen-bond acceptors (Lipinski definition) is 2. The highest BCUT2D eigenvalue weighted by Crippen LogP contribution is 2.15. The third-order valence-corrected chi connectivity index (χ3v) is 1.76. The van der Waals surface area contributed by atoms with Crippen LogP contribution in [0.1, 0.15) is 11.1 Å². The Balaban J connectivity index is 2.98. The fourth-order valence-corrected chi connectivity index (χ4v) is 1.05. The van der Waals surface area contributed by atoms with E-state index >= 15 is 0 Å². The summed E-state index contributed by atoms with van der Waals surface area (Å²) in [5, 5.41) is 0. The maximum atomic E-state index is 5.28. The minimum Gasteiger partial charge on any atom is -0.497 e. The molecular weight excluding hydrogens is 162 g/mol. The Morgan fingerprint density at radius 3 is 2.77 bits per heavy atom. The van der Waals surface area contributed by atoms with E-state index in [2.05, 4.69) is 11.8 Å². The lowest BCUT2D eigenvalue weighted by atomic mass is 10.1. The summed E-state index contributed by atoms with van der Waals surface area (Å²) in [6, 6.07) is 5.80. The average molecular weight is 175 g/mol. The van der Waals surface area contributed by atoms with Crippen LogP contribution >= 0.6 is 0 Å². The molecule has 0 saturated carbocycles. The molecule has 0 amide bonds. The van der Waals surface area contributed by atoms with Gasteiger partial charge in [-0.05, 0) is 30.7 Å². The normalized spacial score (nSPS) is 8.85. The van der Waals surface area contributed by atoms with Crippen molar-refractivity contribution in [3.63, 3.8) is 0 Å². The second-order valence-electron chi connectivity index (χ2n) is 2.69. The molecule has 0 spiro atoms. The summed E-state index contributed by atoms with van der Waals surface area (Å²) in [5.41, 5.74) is 7.40. The van der Waals surface area contributed by atoms with Crippen LogP contribution in [0.4, 0.5) is 0 Å². The van der Waals surface area contributed by atoms with Crippen LogP contribution in [0.2, 0.25) is 0 Å². The first-order chi connectivity index (χ1) is 6.27. The van der Waals surface area contributed by atoms with E-state index in [1.54, 1.807) is 7.11 Å². The van der Waals surface area contributed by atoms with Crippen molar-refractivity contribution in [3.8, 4) is 17.6 Å². The smallest absolute Gasteiger partial charge is 0.119 e. The molecule has 0 fully saturated rings. The van der Waals surface area contributed by atoms with Gasteiger partial charge in [-0.3, -0.25) is 0 Å². The Bertz CT molecular complexity index is 347. The highest BCUT2D eigenvalue weighted by atomic mass is 16.5. The fourth-order valence-electron chi connectivity index (χ4n) is 1.05. The van der Waals surface area contributed by atoms with E-state index in [1.165, 1.54) is 0 Å². The van der Waals surface area contributed by atoms with E-state index in [0.717, 1.165) is 16.9 Å². The van der Waals surface area contributed by atoms with Gasteiger partial charge in [-0.2, -0.15) is 0 Å². The second-order valence-corrected chi connectivity index (χ2v) is 2.69. The molecule has 0 aromatic heterocycles. The van der Waals surface area contributed by atoms with E-state index in [0.29, 0.717) is 6.54 Å². The van der Waals surface area contributed by atoms with Gasteiger partial charge in [-0.15, -0.1) is 0 Å². The van der Waals surface area contributed by atoms with Crippen molar-refractivity contribution in [1.82, 2.24) is 0 Å². The van der Waals surface area contributed by atoms with Crippen LogP contribution < -0.4 is 10.5 Å². The number of hydrogen-bond donors (Lipinski definition) is 1. The third kappa shape index (κ3) is 2.50. The van der Waals surface area contributed by atoms with Crippen molar-refractivity contribution in [1.29, 1.82) is 0 Å². The van der Waals surface area contributed by atoms with Gasteiger partial charge < -0.3 is 10.5 Å². The van der Waals surface area contributed by atoms with Gasteiger partial charge in [-0.25, -0.2) is 0 Å². The van der Waals surface area contributed by atoms with Gasteiger partial charge in [0.25, 0.3) is 0 Å². The fraction of sp³-hybridized carbons (Fsp3) is 0.273. The third-order valence-electron chi connectivity index (χ3n) is 1.76. The quantitative estimate of drug-likeness (QED) is 0.653. The summed E-state index contributed by atoms with van der Waals surface area (Å²) < 4.78 is 5.08. The standard InChI is InChI=1S/C11H13NO/c1-9-8-11(13-2)6-5-10(9)4-3-7-12/h5-6,8H,7,12H2,1-2H3. The number of methoxy groups -OCH3 is 1. The molecule has 0 radical (unpaired) electrons. The summed E-state index contributed by atoms with van der Waals surface area (Å²) in [5.74, 6) is 6.67. The predicted molar refractivity (Wildman–Crippen MR) is 53.7 cm³/mol. The Morgan fingerprint density at radius 1 is 1.46 bits per heavy atom. The van der Waals surface area contributed by atoms with E-state index in [-0.39, 0.29) is 0 Å². The van der Waals surface area contributed by atoms with E-state index in [4.69, 9.17) is 10.5 Å². The maximum Gasteiger partial charge on any atom is 0.119 e. The van der Waals surface area contributed by atoms with Crippen LogP contribution in [0, 0.1) is 18.8 Å². The highest BCUT2D eigenvalue weighted by Gasteiger charge is 1.96. The SMILES string of the molecule is COc1ccc(C#CCN)c(C)c1.